The number of anilines is 1. The van der Waals surface area contributed by atoms with Gasteiger partial charge in [0, 0.05) is 22.3 Å². The molecule has 0 aliphatic carbocycles. The topological polar surface area (TPSA) is 55.1 Å². The standard InChI is InChI=1S/C15H15BrN2O/c1-10-7-13(5-6-14(10)15(17)19)18-9-11-3-2-4-12(16)8-11/h2-8,18H,9H2,1H3,(H2,17,19). The fourth-order valence-corrected chi connectivity index (χ4v) is 2.35. The Hall–Kier alpha value is -1.81. The molecule has 0 radical (unpaired) electrons. The lowest BCUT2D eigenvalue weighted by atomic mass is 10.1. The van der Waals surface area contributed by atoms with Gasteiger partial charge in [-0.15, -0.1) is 0 Å². The van der Waals surface area contributed by atoms with Crippen molar-refractivity contribution in [2.24, 2.45) is 5.73 Å². The molecule has 19 heavy (non-hydrogen) atoms. The number of nitrogens with two attached hydrogens (primary N) is 1. The van der Waals surface area contributed by atoms with Gasteiger partial charge in [0.2, 0.25) is 5.91 Å². The third-order valence-electron chi connectivity index (χ3n) is 2.88. The van der Waals surface area contributed by atoms with Gasteiger partial charge in [-0.25, -0.2) is 0 Å². The van der Waals surface area contributed by atoms with Crippen LogP contribution in [0.3, 0.4) is 0 Å². The fourth-order valence-electron chi connectivity index (χ4n) is 1.90. The summed E-state index contributed by atoms with van der Waals surface area (Å²) in [6, 6.07) is 13.7. The third kappa shape index (κ3) is 3.58. The predicted molar refractivity (Wildman–Crippen MR) is 81.2 cm³/mol. The molecule has 0 aromatic heterocycles. The maximum atomic E-state index is 11.1. The van der Waals surface area contributed by atoms with Gasteiger partial charge in [-0.2, -0.15) is 0 Å². The molecule has 98 valence electrons. The predicted octanol–water partition coefficient (Wildman–Crippen LogP) is 3.47. The summed E-state index contributed by atoms with van der Waals surface area (Å²) in [6.07, 6.45) is 0. The first-order valence-electron chi connectivity index (χ1n) is 5.95. The molecule has 3 nitrogen and oxygen atoms in total. The fraction of sp³-hybridized carbons (Fsp3) is 0.133. The Morgan fingerprint density at radius 2 is 2.05 bits per heavy atom. The molecular weight excluding hydrogens is 304 g/mol. The molecule has 0 aliphatic rings. The molecule has 0 heterocycles. The van der Waals surface area contributed by atoms with Crippen LogP contribution in [0.2, 0.25) is 0 Å². The number of hydrogen-bond acceptors (Lipinski definition) is 2. The lowest BCUT2D eigenvalue weighted by Crippen LogP contribution is -2.12. The lowest BCUT2D eigenvalue weighted by molar-refractivity contribution is 0.1000. The number of halogens is 1. The van der Waals surface area contributed by atoms with Crippen LogP contribution in [0.4, 0.5) is 5.69 Å². The van der Waals surface area contributed by atoms with E-state index in [9.17, 15) is 4.79 Å². The van der Waals surface area contributed by atoms with Gasteiger partial charge < -0.3 is 11.1 Å². The Morgan fingerprint density at radius 1 is 1.26 bits per heavy atom. The first kappa shape index (κ1) is 13.6. The minimum absolute atomic E-state index is 0.393. The quantitative estimate of drug-likeness (QED) is 0.906. The summed E-state index contributed by atoms with van der Waals surface area (Å²) in [6.45, 7) is 2.61. The van der Waals surface area contributed by atoms with Gasteiger partial charge in [0.25, 0.3) is 0 Å². The van der Waals surface area contributed by atoms with Crippen LogP contribution in [0.15, 0.2) is 46.9 Å². The van der Waals surface area contributed by atoms with Gasteiger partial charge >= 0.3 is 0 Å². The maximum Gasteiger partial charge on any atom is 0.248 e. The molecule has 1 amide bonds. The van der Waals surface area contributed by atoms with Crippen LogP contribution in [0.1, 0.15) is 21.5 Å². The molecule has 0 aliphatic heterocycles. The van der Waals surface area contributed by atoms with E-state index in [1.165, 1.54) is 5.56 Å². The Labute approximate surface area is 121 Å². The van der Waals surface area contributed by atoms with Gasteiger partial charge in [-0.1, -0.05) is 28.1 Å². The number of carbonyl (C=O) groups excluding carboxylic acids is 1. The second kappa shape index (κ2) is 5.89. The molecule has 0 atom stereocenters. The number of primary amides is 1. The van der Waals surface area contributed by atoms with Gasteiger partial charge in [0.1, 0.15) is 0 Å². The number of amides is 1. The van der Waals surface area contributed by atoms with E-state index in [0.29, 0.717) is 5.56 Å². The molecular formula is C15H15BrN2O. The van der Waals surface area contributed by atoms with Crippen molar-refractivity contribution in [2.75, 3.05) is 5.32 Å². The zero-order chi connectivity index (χ0) is 13.8. The number of aryl methyl sites for hydroxylation is 1. The van der Waals surface area contributed by atoms with Crippen molar-refractivity contribution in [2.45, 2.75) is 13.5 Å². The van der Waals surface area contributed by atoms with Crippen molar-refractivity contribution in [1.82, 2.24) is 0 Å². The van der Waals surface area contributed by atoms with Crippen LogP contribution in [0.5, 0.6) is 0 Å². The summed E-state index contributed by atoms with van der Waals surface area (Å²) in [7, 11) is 0. The van der Waals surface area contributed by atoms with E-state index in [1.54, 1.807) is 6.07 Å². The second-order valence-electron chi connectivity index (χ2n) is 4.38. The zero-order valence-corrected chi connectivity index (χ0v) is 12.2. The van der Waals surface area contributed by atoms with Crippen LogP contribution < -0.4 is 11.1 Å². The normalized spacial score (nSPS) is 10.2. The van der Waals surface area contributed by atoms with Crippen molar-refractivity contribution in [1.29, 1.82) is 0 Å². The highest BCUT2D eigenvalue weighted by Crippen LogP contribution is 2.17. The van der Waals surface area contributed by atoms with Crippen molar-refractivity contribution < 1.29 is 4.79 Å². The summed E-state index contributed by atoms with van der Waals surface area (Å²) in [5.41, 5.74) is 8.89. The Morgan fingerprint density at radius 3 is 2.68 bits per heavy atom. The number of benzene rings is 2. The lowest BCUT2D eigenvalue weighted by Gasteiger charge is -2.09. The second-order valence-corrected chi connectivity index (χ2v) is 5.29. The average molecular weight is 319 g/mol. The van der Waals surface area contributed by atoms with E-state index < -0.39 is 5.91 Å². The Balaban J connectivity index is 2.08. The minimum Gasteiger partial charge on any atom is -0.381 e. The van der Waals surface area contributed by atoms with Crippen molar-refractivity contribution in [3.63, 3.8) is 0 Å². The van der Waals surface area contributed by atoms with Gasteiger partial charge in [-0.3, -0.25) is 4.79 Å². The smallest absolute Gasteiger partial charge is 0.248 e. The number of hydrogen-bond donors (Lipinski definition) is 2. The first-order valence-corrected chi connectivity index (χ1v) is 6.74. The van der Waals surface area contributed by atoms with E-state index in [4.69, 9.17) is 5.73 Å². The van der Waals surface area contributed by atoms with Crippen LogP contribution in [0, 0.1) is 6.92 Å². The summed E-state index contributed by atoms with van der Waals surface area (Å²) < 4.78 is 1.06. The maximum absolute atomic E-state index is 11.1. The van der Waals surface area contributed by atoms with Crippen molar-refractivity contribution >= 4 is 27.5 Å². The molecule has 0 bridgehead atoms. The van der Waals surface area contributed by atoms with Gasteiger partial charge in [0.15, 0.2) is 0 Å². The summed E-state index contributed by atoms with van der Waals surface area (Å²) >= 11 is 3.45. The molecule has 2 aromatic rings. The summed E-state index contributed by atoms with van der Waals surface area (Å²) in [5, 5.41) is 3.32. The van der Waals surface area contributed by atoms with Gasteiger partial charge in [0.05, 0.1) is 0 Å². The summed E-state index contributed by atoms with van der Waals surface area (Å²) in [4.78, 5) is 11.1. The highest BCUT2D eigenvalue weighted by molar-refractivity contribution is 9.10. The molecule has 0 fully saturated rings. The first-order chi connectivity index (χ1) is 9.06. The van der Waals surface area contributed by atoms with E-state index >= 15 is 0 Å². The molecule has 0 saturated heterocycles. The summed E-state index contributed by atoms with van der Waals surface area (Å²) in [5.74, 6) is -0.393. The molecule has 0 unspecified atom stereocenters. The minimum atomic E-state index is -0.393. The van der Waals surface area contributed by atoms with Crippen molar-refractivity contribution in [3.05, 3.63) is 63.6 Å². The highest BCUT2D eigenvalue weighted by Gasteiger charge is 2.05. The molecule has 0 saturated carbocycles. The van der Waals surface area contributed by atoms with Crippen LogP contribution in [-0.4, -0.2) is 5.91 Å². The Kier molecular flexibility index (Phi) is 4.22. The number of rotatable bonds is 4. The average Bonchev–Trinajstić information content (AvgIpc) is 2.36. The van der Waals surface area contributed by atoms with E-state index in [-0.39, 0.29) is 0 Å². The van der Waals surface area contributed by atoms with Crippen LogP contribution >= 0.6 is 15.9 Å². The third-order valence-corrected chi connectivity index (χ3v) is 3.37. The van der Waals surface area contributed by atoms with E-state index in [0.717, 1.165) is 22.3 Å². The molecule has 3 N–H and O–H groups in total. The number of carbonyl (C=O) groups is 1. The number of nitrogens with one attached hydrogen (secondary N) is 1. The Bertz CT molecular complexity index is 611. The van der Waals surface area contributed by atoms with E-state index in [2.05, 4.69) is 33.4 Å². The van der Waals surface area contributed by atoms with E-state index in [1.807, 2.05) is 31.2 Å². The molecule has 2 rings (SSSR count). The van der Waals surface area contributed by atoms with Crippen LogP contribution in [-0.2, 0) is 6.54 Å². The monoisotopic (exact) mass is 318 g/mol. The SMILES string of the molecule is Cc1cc(NCc2cccc(Br)c2)ccc1C(N)=O. The van der Waals surface area contributed by atoms with Gasteiger partial charge in [-0.05, 0) is 48.4 Å². The van der Waals surface area contributed by atoms with Crippen LogP contribution in [0.25, 0.3) is 0 Å². The molecule has 2 aromatic carbocycles. The molecule has 4 heteroatoms. The van der Waals surface area contributed by atoms with Crippen molar-refractivity contribution in [3.8, 4) is 0 Å². The molecule has 0 spiro atoms. The largest absolute Gasteiger partial charge is 0.381 e. The zero-order valence-electron chi connectivity index (χ0n) is 10.6. The highest BCUT2D eigenvalue weighted by atomic mass is 79.9.